The standard InChI is InChI=1S/C18H18BrFN4.ClH/c19-14-4-5-18-22-9-16(24(18)11-14)12-23-7-6-21-10-17(23)13-2-1-3-15(20)8-13;/h1-5,8-9,11,17,21H,6-7,10,12H2;1H. The Morgan fingerprint density at radius 2 is 2.16 bits per heavy atom. The molecule has 0 aliphatic carbocycles. The number of hydrogen-bond donors (Lipinski definition) is 1. The number of piperazine rings is 1. The molecular formula is C18H19BrClFN4. The molecule has 132 valence electrons. The monoisotopic (exact) mass is 424 g/mol. The second-order valence-electron chi connectivity index (χ2n) is 6.07. The summed E-state index contributed by atoms with van der Waals surface area (Å²) in [6, 6.07) is 11.1. The van der Waals surface area contributed by atoms with Gasteiger partial charge in [-0.1, -0.05) is 12.1 Å². The maximum Gasteiger partial charge on any atom is 0.136 e. The summed E-state index contributed by atoms with van der Waals surface area (Å²) in [7, 11) is 0. The highest BCUT2D eigenvalue weighted by molar-refractivity contribution is 9.10. The molecule has 3 heterocycles. The first-order chi connectivity index (χ1) is 11.7. The van der Waals surface area contributed by atoms with Crippen LogP contribution >= 0.6 is 28.3 Å². The van der Waals surface area contributed by atoms with Crippen LogP contribution in [0.1, 0.15) is 17.3 Å². The van der Waals surface area contributed by atoms with Crippen molar-refractivity contribution in [3.63, 3.8) is 0 Å². The molecule has 1 unspecified atom stereocenters. The number of nitrogens with one attached hydrogen (secondary N) is 1. The molecule has 0 bridgehead atoms. The summed E-state index contributed by atoms with van der Waals surface area (Å²) in [6.07, 6.45) is 3.96. The quantitative estimate of drug-likeness (QED) is 0.693. The lowest BCUT2D eigenvalue weighted by Crippen LogP contribution is -2.45. The molecule has 1 aromatic carbocycles. The number of imidazole rings is 1. The summed E-state index contributed by atoms with van der Waals surface area (Å²) in [4.78, 5) is 6.86. The Morgan fingerprint density at radius 3 is 3.00 bits per heavy atom. The largest absolute Gasteiger partial charge is 0.314 e. The van der Waals surface area contributed by atoms with Gasteiger partial charge in [-0.2, -0.15) is 0 Å². The molecule has 0 radical (unpaired) electrons. The molecule has 4 nitrogen and oxygen atoms in total. The van der Waals surface area contributed by atoms with Crippen LogP contribution in [-0.4, -0.2) is 33.9 Å². The Kier molecular flexibility index (Phi) is 5.74. The predicted octanol–water partition coefficient (Wildman–Crippen LogP) is 3.80. The zero-order valence-electron chi connectivity index (χ0n) is 13.5. The van der Waals surface area contributed by atoms with E-state index in [1.165, 1.54) is 6.07 Å². The number of pyridine rings is 1. The SMILES string of the molecule is Cl.Fc1cccc(C2CNCCN2Cc2cnc3ccc(Br)cn23)c1. The van der Waals surface area contributed by atoms with E-state index in [9.17, 15) is 4.39 Å². The maximum absolute atomic E-state index is 13.6. The van der Waals surface area contributed by atoms with Crippen LogP contribution in [-0.2, 0) is 6.54 Å². The predicted molar refractivity (Wildman–Crippen MR) is 103 cm³/mol. The lowest BCUT2D eigenvalue weighted by molar-refractivity contribution is 0.151. The number of benzene rings is 1. The fourth-order valence-electron chi connectivity index (χ4n) is 3.31. The van der Waals surface area contributed by atoms with Crippen LogP contribution in [0.4, 0.5) is 4.39 Å². The van der Waals surface area contributed by atoms with E-state index in [2.05, 4.69) is 35.5 Å². The first-order valence-corrected chi connectivity index (χ1v) is 8.82. The van der Waals surface area contributed by atoms with Crippen molar-refractivity contribution in [2.75, 3.05) is 19.6 Å². The van der Waals surface area contributed by atoms with Crippen LogP contribution in [0.3, 0.4) is 0 Å². The van der Waals surface area contributed by atoms with Gasteiger partial charge < -0.3 is 9.72 Å². The van der Waals surface area contributed by atoms with Crippen LogP contribution in [0, 0.1) is 5.82 Å². The van der Waals surface area contributed by atoms with Gasteiger partial charge in [-0.15, -0.1) is 12.4 Å². The van der Waals surface area contributed by atoms with Gasteiger partial charge in [0.05, 0.1) is 11.9 Å². The summed E-state index contributed by atoms with van der Waals surface area (Å²) in [5.41, 5.74) is 3.08. The summed E-state index contributed by atoms with van der Waals surface area (Å²) in [5, 5.41) is 3.41. The van der Waals surface area contributed by atoms with Crippen LogP contribution in [0.2, 0.25) is 0 Å². The molecule has 4 rings (SSSR count). The van der Waals surface area contributed by atoms with Crippen molar-refractivity contribution in [1.29, 1.82) is 0 Å². The van der Waals surface area contributed by atoms with Gasteiger partial charge >= 0.3 is 0 Å². The minimum atomic E-state index is -0.184. The number of rotatable bonds is 3. The Morgan fingerprint density at radius 1 is 1.28 bits per heavy atom. The van der Waals surface area contributed by atoms with Gasteiger partial charge in [0.2, 0.25) is 0 Å². The number of nitrogens with zero attached hydrogens (tertiary/aromatic N) is 3. The Balaban J connectivity index is 0.00000182. The van der Waals surface area contributed by atoms with Crippen molar-refractivity contribution >= 4 is 34.0 Å². The molecule has 1 aliphatic rings. The van der Waals surface area contributed by atoms with Gasteiger partial charge in [-0.25, -0.2) is 9.37 Å². The third-order valence-electron chi connectivity index (χ3n) is 4.50. The van der Waals surface area contributed by atoms with E-state index in [1.807, 2.05) is 30.6 Å². The zero-order chi connectivity index (χ0) is 16.5. The number of aromatic nitrogens is 2. The average Bonchev–Trinajstić information content (AvgIpc) is 2.97. The van der Waals surface area contributed by atoms with E-state index in [-0.39, 0.29) is 24.3 Å². The Hall–Kier alpha value is -1.47. The number of hydrogen-bond acceptors (Lipinski definition) is 3. The second kappa shape index (κ2) is 7.83. The first kappa shape index (κ1) is 18.3. The Labute approximate surface area is 160 Å². The molecule has 1 saturated heterocycles. The van der Waals surface area contributed by atoms with E-state index in [4.69, 9.17) is 0 Å². The topological polar surface area (TPSA) is 32.6 Å². The first-order valence-electron chi connectivity index (χ1n) is 8.02. The van der Waals surface area contributed by atoms with Crippen LogP contribution in [0.25, 0.3) is 5.65 Å². The van der Waals surface area contributed by atoms with Crippen LogP contribution in [0.5, 0.6) is 0 Å². The van der Waals surface area contributed by atoms with Crippen molar-refractivity contribution in [1.82, 2.24) is 19.6 Å². The highest BCUT2D eigenvalue weighted by Crippen LogP contribution is 2.25. The van der Waals surface area contributed by atoms with E-state index in [1.54, 1.807) is 12.1 Å². The van der Waals surface area contributed by atoms with Crippen molar-refractivity contribution in [3.8, 4) is 0 Å². The number of halogens is 3. The van der Waals surface area contributed by atoms with Crippen molar-refractivity contribution in [2.24, 2.45) is 0 Å². The summed E-state index contributed by atoms with van der Waals surface area (Å²) >= 11 is 3.52. The minimum Gasteiger partial charge on any atom is -0.314 e. The molecule has 3 aromatic rings. The normalized spacial score (nSPS) is 18.2. The summed E-state index contributed by atoms with van der Waals surface area (Å²) in [6.45, 7) is 3.46. The minimum absolute atomic E-state index is 0. The smallest absolute Gasteiger partial charge is 0.136 e. The lowest BCUT2D eigenvalue weighted by Gasteiger charge is -2.36. The van der Waals surface area contributed by atoms with E-state index < -0.39 is 0 Å². The molecule has 1 aliphatic heterocycles. The molecule has 25 heavy (non-hydrogen) atoms. The third-order valence-corrected chi connectivity index (χ3v) is 4.97. The molecule has 1 fully saturated rings. The van der Waals surface area contributed by atoms with E-state index >= 15 is 0 Å². The zero-order valence-corrected chi connectivity index (χ0v) is 15.9. The molecule has 7 heteroatoms. The van der Waals surface area contributed by atoms with Crippen LogP contribution in [0.15, 0.2) is 53.3 Å². The highest BCUT2D eigenvalue weighted by atomic mass is 79.9. The van der Waals surface area contributed by atoms with Gasteiger partial charge in [-0.05, 0) is 45.8 Å². The van der Waals surface area contributed by atoms with Gasteiger partial charge in [0, 0.05) is 42.9 Å². The molecule has 1 N–H and O–H groups in total. The van der Waals surface area contributed by atoms with E-state index in [0.29, 0.717) is 0 Å². The molecular weight excluding hydrogens is 407 g/mol. The van der Waals surface area contributed by atoms with Gasteiger partial charge in [0.25, 0.3) is 0 Å². The molecule has 0 amide bonds. The van der Waals surface area contributed by atoms with E-state index in [0.717, 1.165) is 47.6 Å². The van der Waals surface area contributed by atoms with Gasteiger partial charge in [0.1, 0.15) is 11.5 Å². The fraction of sp³-hybridized carbons (Fsp3) is 0.278. The fourth-order valence-corrected chi connectivity index (χ4v) is 3.65. The molecule has 2 aromatic heterocycles. The Bertz CT molecular complexity index is 869. The highest BCUT2D eigenvalue weighted by Gasteiger charge is 2.25. The summed E-state index contributed by atoms with van der Waals surface area (Å²) < 4.78 is 16.8. The van der Waals surface area contributed by atoms with Crippen molar-refractivity contribution < 1.29 is 4.39 Å². The van der Waals surface area contributed by atoms with Gasteiger partial charge in [-0.3, -0.25) is 4.90 Å². The average molecular weight is 426 g/mol. The van der Waals surface area contributed by atoms with Gasteiger partial charge in [0.15, 0.2) is 0 Å². The maximum atomic E-state index is 13.6. The van der Waals surface area contributed by atoms with Crippen LogP contribution < -0.4 is 5.32 Å². The second-order valence-corrected chi connectivity index (χ2v) is 6.99. The molecule has 1 atom stereocenters. The molecule has 0 spiro atoms. The van der Waals surface area contributed by atoms with Crippen molar-refractivity contribution in [2.45, 2.75) is 12.6 Å². The lowest BCUT2D eigenvalue weighted by atomic mass is 10.0. The van der Waals surface area contributed by atoms with Crippen molar-refractivity contribution in [3.05, 3.63) is 70.3 Å². The number of fused-ring (bicyclic) bond motifs is 1. The molecule has 0 saturated carbocycles. The third kappa shape index (κ3) is 3.87. The summed E-state index contributed by atoms with van der Waals surface area (Å²) in [5.74, 6) is -0.184.